The Hall–Kier alpha value is -1.73. The maximum Gasteiger partial charge on any atom is 0.193 e. The molecule has 0 aliphatic rings. The number of imidazole rings is 1. The predicted molar refractivity (Wildman–Crippen MR) is 74.2 cm³/mol. The first-order valence-corrected chi connectivity index (χ1v) is 7.24. The molecule has 0 spiro atoms. The number of rotatable bonds is 6. The lowest BCUT2D eigenvalue weighted by Crippen LogP contribution is -2.13. The van der Waals surface area contributed by atoms with Gasteiger partial charge in [0.25, 0.3) is 0 Å². The van der Waals surface area contributed by atoms with Gasteiger partial charge in [0.05, 0.1) is 24.1 Å². The van der Waals surface area contributed by atoms with Crippen LogP contribution < -0.4 is 5.32 Å². The second kappa shape index (κ2) is 5.50. The van der Waals surface area contributed by atoms with E-state index in [-0.39, 0.29) is 0 Å². The fourth-order valence-corrected chi connectivity index (χ4v) is 2.63. The molecule has 19 heavy (non-hydrogen) atoms. The van der Waals surface area contributed by atoms with Crippen molar-refractivity contribution in [3.05, 3.63) is 35.4 Å². The molecule has 0 bridgehead atoms. The van der Waals surface area contributed by atoms with Crippen molar-refractivity contribution in [3.8, 4) is 0 Å². The van der Waals surface area contributed by atoms with Gasteiger partial charge in [0.2, 0.25) is 0 Å². The van der Waals surface area contributed by atoms with E-state index in [1.807, 2.05) is 33.1 Å². The molecule has 0 aliphatic carbocycles. The van der Waals surface area contributed by atoms with Gasteiger partial charge in [0.15, 0.2) is 4.96 Å². The normalized spacial score (nSPS) is 11.4. The molecular formula is C12H16N6S. The Labute approximate surface area is 115 Å². The van der Waals surface area contributed by atoms with Crippen molar-refractivity contribution in [3.63, 3.8) is 0 Å². The van der Waals surface area contributed by atoms with Crippen molar-refractivity contribution in [1.29, 1.82) is 0 Å². The highest BCUT2D eigenvalue weighted by Gasteiger charge is 2.05. The molecule has 3 heterocycles. The van der Waals surface area contributed by atoms with E-state index in [9.17, 15) is 0 Å². The van der Waals surface area contributed by atoms with Crippen LogP contribution in [-0.2, 0) is 13.1 Å². The van der Waals surface area contributed by atoms with E-state index < -0.39 is 0 Å². The predicted octanol–water partition coefficient (Wildman–Crippen LogP) is 1.54. The molecule has 3 aromatic heterocycles. The number of fused-ring (bicyclic) bond motifs is 1. The summed E-state index contributed by atoms with van der Waals surface area (Å²) < 4.78 is 3.86. The van der Waals surface area contributed by atoms with Gasteiger partial charge in [-0.05, 0) is 13.0 Å². The minimum absolute atomic E-state index is 0.662. The number of aromatic nitrogens is 5. The first kappa shape index (κ1) is 12.3. The molecule has 100 valence electrons. The van der Waals surface area contributed by atoms with Crippen LogP contribution in [-0.4, -0.2) is 30.9 Å². The highest BCUT2D eigenvalue weighted by atomic mass is 32.1. The van der Waals surface area contributed by atoms with Crippen molar-refractivity contribution < 1.29 is 0 Å². The molecule has 0 saturated heterocycles. The molecule has 0 atom stereocenters. The van der Waals surface area contributed by atoms with Crippen LogP contribution in [0.15, 0.2) is 24.0 Å². The summed E-state index contributed by atoms with van der Waals surface area (Å²) in [5.74, 6) is 0. The maximum absolute atomic E-state index is 4.53. The smallest absolute Gasteiger partial charge is 0.193 e. The molecule has 0 aliphatic heterocycles. The van der Waals surface area contributed by atoms with E-state index in [0.29, 0.717) is 6.54 Å². The number of nitrogens with one attached hydrogen (secondary N) is 1. The van der Waals surface area contributed by atoms with Gasteiger partial charge in [-0.15, -0.1) is 16.4 Å². The number of thiazole rings is 1. The van der Waals surface area contributed by atoms with Crippen molar-refractivity contribution in [2.24, 2.45) is 0 Å². The van der Waals surface area contributed by atoms with Crippen LogP contribution in [0.3, 0.4) is 0 Å². The van der Waals surface area contributed by atoms with Crippen LogP contribution in [0.25, 0.3) is 4.96 Å². The van der Waals surface area contributed by atoms with Gasteiger partial charge in [-0.2, -0.15) is 0 Å². The zero-order valence-corrected chi connectivity index (χ0v) is 11.6. The average Bonchev–Trinajstić information content (AvgIpc) is 3.06. The van der Waals surface area contributed by atoms with Crippen molar-refractivity contribution in [1.82, 2.24) is 29.7 Å². The van der Waals surface area contributed by atoms with Crippen LogP contribution in [0, 0.1) is 0 Å². The SMILES string of the molecule is CCCNCc1cn(Cc2cn3ccsc3n2)nn1. The Balaban J connectivity index is 1.64. The largest absolute Gasteiger partial charge is 0.311 e. The van der Waals surface area contributed by atoms with Gasteiger partial charge in [0.1, 0.15) is 0 Å². The molecule has 6 nitrogen and oxygen atoms in total. The van der Waals surface area contributed by atoms with Crippen LogP contribution in [0.5, 0.6) is 0 Å². The first-order valence-electron chi connectivity index (χ1n) is 6.36. The molecule has 3 rings (SSSR count). The lowest BCUT2D eigenvalue weighted by atomic mass is 10.4. The van der Waals surface area contributed by atoms with E-state index in [4.69, 9.17) is 0 Å². The van der Waals surface area contributed by atoms with E-state index in [0.717, 1.165) is 35.9 Å². The molecule has 1 N–H and O–H groups in total. The van der Waals surface area contributed by atoms with E-state index in [1.165, 1.54) is 0 Å². The Morgan fingerprint density at radius 3 is 3.11 bits per heavy atom. The lowest BCUT2D eigenvalue weighted by Gasteiger charge is -1.97. The fraction of sp³-hybridized carbons (Fsp3) is 0.417. The molecule has 0 fully saturated rings. The zero-order chi connectivity index (χ0) is 13.1. The molecular weight excluding hydrogens is 260 g/mol. The zero-order valence-electron chi connectivity index (χ0n) is 10.8. The standard InChI is InChI=1S/C12H16N6S/c1-2-3-13-6-10-8-18(16-15-10)9-11-7-17-4-5-19-12(17)14-11/h4-5,7-8,13H,2-3,6,9H2,1H3. The summed E-state index contributed by atoms with van der Waals surface area (Å²) in [6.07, 6.45) is 7.14. The summed E-state index contributed by atoms with van der Waals surface area (Å²) in [5.41, 5.74) is 1.97. The van der Waals surface area contributed by atoms with E-state index >= 15 is 0 Å². The molecule has 0 saturated carbocycles. The van der Waals surface area contributed by atoms with Gasteiger partial charge in [-0.1, -0.05) is 12.1 Å². The number of hydrogen-bond acceptors (Lipinski definition) is 5. The first-order chi connectivity index (χ1) is 9.35. The Kier molecular flexibility index (Phi) is 3.56. The fourth-order valence-electron chi connectivity index (χ4n) is 1.91. The summed E-state index contributed by atoms with van der Waals surface area (Å²) in [7, 11) is 0. The molecule has 3 aromatic rings. The third kappa shape index (κ3) is 2.82. The Morgan fingerprint density at radius 1 is 1.32 bits per heavy atom. The van der Waals surface area contributed by atoms with Gasteiger partial charge < -0.3 is 5.32 Å². The summed E-state index contributed by atoms with van der Waals surface area (Å²) in [6.45, 7) is 4.58. The van der Waals surface area contributed by atoms with Gasteiger partial charge in [-0.3, -0.25) is 4.40 Å². The van der Waals surface area contributed by atoms with Gasteiger partial charge in [0, 0.05) is 24.3 Å². The summed E-state index contributed by atoms with van der Waals surface area (Å²) in [6, 6.07) is 0. The van der Waals surface area contributed by atoms with Crippen LogP contribution in [0.4, 0.5) is 0 Å². The second-order valence-electron chi connectivity index (χ2n) is 4.41. The molecule has 0 radical (unpaired) electrons. The van der Waals surface area contributed by atoms with Crippen LogP contribution in [0.2, 0.25) is 0 Å². The Morgan fingerprint density at radius 2 is 2.26 bits per heavy atom. The third-order valence-corrected chi connectivity index (χ3v) is 3.56. The minimum atomic E-state index is 0.662. The highest BCUT2D eigenvalue weighted by Crippen LogP contribution is 2.11. The Bertz CT molecular complexity index is 623. The van der Waals surface area contributed by atoms with Crippen LogP contribution in [0.1, 0.15) is 24.7 Å². The second-order valence-corrected chi connectivity index (χ2v) is 5.28. The molecule has 7 heteroatoms. The molecule has 0 unspecified atom stereocenters. The quantitative estimate of drug-likeness (QED) is 0.694. The van der Waals surface area contributed by atoms with E-state index in [1.54, 1.807) is 11.3 Å². The average molecular weight is 276 g/mol. The summed E-state index contributed by atoms with van der Waals surface area (Å²) in [4.78, 5) is 5.54. The molecule has 0 aromatic carbocycles. The van der Waals surface area contributed by atoms with Gasteiger partial charge >= 0.3 is 0 Å². The van der Waals surface area contributed by atoms with Crippen LogP contribution >= 0.6 is 11.3 Å². The minimum Gasteiger partial charge on any atom is -0.311 e. The lowest BCUT2D eigenvalue weighted by molar-refractivity contribution is 0.638. The van der Waals surface area contributed by atoms with Crippen molar-refractivity contribution in [2.75, 3.05) is 6.54 Å². The topological polar surface area (TPSA) is 60.0 Å². The number of hydrogen-bond donors (Lipinski definition) is 1. The summed E-state index contributed by atoms with van der Waals surface area (Å²) in [5, 5.41) is 13.6. The maximum atomic E-state index is 4.53. The van der Waals surface area contributed by atoms with E-state index in [2.05, 4.69) is 27.5 Å². The molecule has 0 amide bonds. The number of nitrogens with zero attached hydrogens (tertiary/aromatic N) is 5. The third-order valence-electron chi connectivity index (χ3n) is 2.79. The highest BCUT2D eigenvalue weighted by molar-refractivity contribution is 7.15. The van der Waals surface area contributed by atoms with Gasteiger partial charge in [-0.25, -0.2) is 9.67 Å². The van der Waals surface area contributed by atoms with Crippen molar-refractivity contribution >= 4 is 16.3 Å². The summed E-state index contributed by atoms with van der Waals surface area (Å²) >= 11 is 1.63. The van der Waals surface area contributed by atoms with Crippen molar-refractivity contribution in [2.45, 2.75) is 26.4 Å². The monoisotopic (exact) mass is 276 g/mol.